The van der Waals surface area contributed by atoms with E-state index >= 15 is 0 Å². The van der Waals surface area contributed by atoms with E-state index in [0.29, 0.717) is 19.4 Å². The average Bonchev–Trinajstić information content (AvgIpc) is 2.36. The van der Waals surface area contributed by atoms with E-state index in [1.54, 1.807) is 0 Å². The lowest BCUT2D eigenvalue weighted by Crippen LogP contribution is -2.50. The number of rotatable bonds is 3. The van der Waals surface area contributed by atoms with Crippen LogP contribution in [0.3, 0.4) is 0 Å². The number of nitrogens with two attached hydrogens (primary N) is 1. The summed E-state index contributed by atoms with van der Waals surface area (Å²) in [5, 5.41) is 2.58. The summed E-state index contributed by atoms with van der Waals surface area (Å²) >= 11 is 0. The van der Waals surface area contributed by atoms with Gasteiger partial charge in [-0.25, -0.2) is 12.8 Å². The fourth-order valence-electron chi connectivity index (χ4n) is 2.09. The first-order valence-corrected chi connectivity index (χ1v) is 7.65. The zero-order valence-electron chi connectivity index (χ0n) is 10.9. The molecule has 20 heavy (non-hydrogen) atoms. The highest BCUT2D eigenvalue weighted by Crippen LogP contribution is 2.22. The Morgan fingerprint density at radius 1 is 1.45 bits per heavy atom. The Balaban J connectivity index is 2.33. The fraction of sp³-hybridized carbons (Fsp3) is 0.417. The zero-order valence-corrected chi connectivity index (χ0v) is 11.8. The second-order valence-electron chi connectivity index (χ2n) is 4.73. The predicted molar refractivity (Wildman–Crippen MR) is 71.9 cm³/mol. The molecule has 0 aromatic heterocycles. The summed E-state index contributed by atoms with van der Waals surface area (Å²) in [6.07, 6.45) is 1.10. The van der Waals surface area contributed by atoms with Crippen LogP contribution >= 0.6 is 0 Å². The average molecular weight is 301 g/mol. The monoisotopic (exact) mass is 301 g/mol. The Hall–Kier alpha value is -1.67. The standard InChI is InChI=1S/C12H16FN3O3S/c1-7-9(13)5-8(14)6-11(7)20(18,19)16-10-3-2-4-15-12(10)17/h5-6,10,16H,2-4,14H2,1H3,(H,15,17). The topological polar surface area (TPSA) is 101 Å². The molecule has 0 aliphatic carbocycles. The lowest BCUT2D eigenvalue weighted by molar-refractivity contribution is -0.124. The van der Waals surface area contributed by atoms with Crippen molar-refractivity contribution in [3.63, 3.8) is 0 Å². The number of nitrogen functional groups attached to an aromatic ring is 1. The maximum Gasteiger partial charge on any atom is 0.241 e. The number of anilines is 1. The molecule has 1 unspecified atom stereocenters. The number of piperidine rings is 1. The summed E-state index contributed by atoms with van der Waals surface area (Å²) < 4.78 is 40.4. The molecule has 110 valence electrons. The highest BCUT2D eigenvalue weighted by Gasteiger charge is 2.29. The number of sulfonamides is 1. The van der Waals surface area contributed by atoms with Gasteiger partial charge in [0.2, 0.25) is 15.9 Å². The van der Waals surface area contributed by atoms with Gasteiger partial charge in [-0.1, -0.05) is 0 Å². The van der Waals surface area contributed by atoms with Gasteiger partial charge in [0.1, 0.15) is 11.9 Å². The van der Waals surface area contributed by atoms with E-state index in [9.17, 15) is 17.6 Å². The van der Waals surface area contributed by atoms with Gasteiger partial charge in [-0.3, -0.25) is 4.79 Å². The Morgan fingerprint density at radius 2 is 2.15 bits per heavy atom. The third kappa shape index (κ3) is 2.91. The predicted octanol–water partition coefficient (Wildman–Crippen LogP) is 0.273. The molecule has 1 aliphatic heterocycles. The molecule has 6 nitrogen and oxygen atoms in total. The summed E-state index contributed by atoms with van der Waals surface area (Å²) in [7, 11) is -4.00. The van der Waals surface area contributed by atoms with E-state index < -0.39 is 21.9 Å². The number of hydrogen-bond donors (Lipinski definition) is 3. The van der Waals surface area contributed by atoms with Crippen molar-refractivity contribution in [1.82, 2.24) is 10.0 Å². The Morgan fingerprint density at radius 3 is 2.80 bits per heavy atom. The van der Waals surface area contributed by atoms with E-state index in [4.69, 9.17) is 5.73 Å². The van der Waals surface area contributed by atoms with Crippen molar-refractivity contribution in [3.8, 4) is 0 Å². The molecular weight excluding hydrogens is 285 g/mol. The number of benzene rings is 1. The van der Waals surface area contributed by atoms with Crippen LogP contribution in [0.15, 0.2) is 17.0 Å². The molecule has 1 aromatic carbocycles. The second kappa shape index (κ2) is 5.37. The minimum atomic E-state index is -4.00. The van der Waals surface area contributed by atoms with Crippen molar-refractivity contribution >= 4 is 21.6 Å². The molecular formula is C12H16FN3O3S. The highest BCUT2D eigenvalue weighted by atomic mass is 32.2. The van der Waals surface area contributed by atoms with Crippen LogP contribution in [0.5, 0.6) is 0 Å². The Kier molecular flexibility index (Phi) is 3.96. The number of carbonyl (C=O) groups is 1. The summed E-state index contributed by atoms with van der Waals surface area (Å²) in [5.74, 6) is -1.07. The van der Waals surface area contributed by atoms with Gasteiger partial charge >= 0.3 is 0 Å². The summed E-state index contributed by atoms with van der Waals surface area (Å²) in [4.78, 5) is 11.3. The summed E-state index contributed by atoms with van der Waals surface area (Å²) in [5.41, 5.74) is 5.46. The molecule has 2 rings (SSSR count). The molecule has 0 radical (unpaired) electrons. The van der Waals surface area contributed by atoms with E-state index in [1.807, 2.05) is 0 Å². The molecule has 1 saturated heterocycles. The molecule has 8 heteroatoms. The first-order chi connectivity index (χ1) is 9.31. The molecule has 1 aromatic rings. The fourth-order valence-corrected chi connectivity index (χ4v) is 3.61. The zero-order chi connectivity index (χ0) is 14.9. The van der Waals surface area contributed by atoms with Crippen LogP contribution in [0, 0.1) is 12.7 Å². The smallest absolute Gasteiger partial charge is 0.241 e. The van der Waals surface area contributed by atoms with Crippen LogP contribution < -0.4 is 15.8 Å². The maximum absolute atomic E-state index is 13.6. The third-order valence-corrected chi connectivity index (χ3v) is 4.79. The van der Waals surface area contributed by atoms with E-state index in [2.05, 4.69) is 10.0 Å². The van der Waals surface area contributed by atoms with Gasteiger partial charge in [0, 0.05) is 17.8 Å². The summed E-state index contributed by atoms with van der Waals surface area (Å²) in [6, 6.07) is 1.40. The number of carbonyl (C=O) groups excluding carboxylic acids is 1. The van der Waals surface area contributed by atoms with Gasteiger partial charge in [0.15, 0.2) is 0 Å². The van der Waals surface area contributed by atoms with Crippen LogP contribution in [0.2, 0.25) is 0 Å². The molecule has 0 spiro atoms. The first kappa shape index (κ1) is 14.7. The Labute approximate surface area is 116 Å². The van der Waals surface area contributed by atoms with Crippen LogP contribution in [0.4, 0.5) is 10.1 Å². The molecule has 1 amide bonds. The molecule has 0 bridgehead atoms. The molecule has 4 N–H and O–H groups in total. The van der Waals surface area contributed by atoms with Gasteiger partial charge in [-0.05, 0) is 31.9 Å². The number of hydrogen-bond acceptors (Lipinski definition) is 4. The van der Waals surface area contributed by atoms with Gasteiger partial charge in [-0.15, -0.1) is 0 Å². The van der Waals surface area contributed by atoms with Crippen molar-refractivity contribution < 1.29 is 17.6 Å². The van der Waals surface area contributed by atoms with Gasteiger partial charge in [0.25, 0.3) is 0 Å². The van der Waals surface area contributed by atoms with Crippen molar-refractivity contribution in [1.29, 1.82) is 0 Å². The molecule has 1 atom stereocenters. The van der Waals surface area contributed by atoms with Crippen LogP contribution in [-0.4, -0.2) is 26.9 Å². The van der Waals surface area contributed by atoms with Crippen molar-refractivity contribution in [3.05, 3.63) is 23.5 Å². The second-order valence-corrected chi connectivity index (χ2v) is 6.42. The van der Waals surface area contributed by atoms with Crippen molar-refractivity contribution in [2.75, 3.05) is 12.3 Å². The van der Waals surface area contributed by atoms with Crippen LogP contribution in [0.25, 0.3) is 0 Å². The Bertz CT molecular complexity index is 646. The molecule has 0 saturated carbocycles. The molecule has 1 fully saturated rings. The molecule has 1 heterocycles. The maximum atomic E-state index is 13.6. The van der Waals surface area contributed by atoms with Gasteiger partial charge in [-0.2, -0.15) is 4.72 Å². The quantitative estimate of drug-likeness (QED) is 0.698. The largest absolute Gasteiger partial charge is 0.399 e. The van der Waals surface area contributed by atoms with Crippen LogP contribution in [0.1, 0.15) is 18.4 Å². The van der Waals surface area contributed by atoms with Crippen molar-refractivity contribution in [2.24, 2.45) is 0 Å². The van der Waals surface area contributed by atoms with Crippen molar-refractivity contribution in [2.45, 2.75) is 30.7 Å². The highest BCUT2D eigenvalue weighted by molar-refractivity contribution is 7.89. The number of halogens is 1. The minimum absolute atomic E-state index is 0.0153. The lowest BCUT2D eigenvalue weighted by Gasteiger charge is -2.23. The normalized spacial score (nSPS) is 19.7. The SMILES string of the molecule is Cc1c(F)cc(N)cc1S(=O)(=O)NC1CCCNC1=O. The van der Waals surface area contributed by atoms with E-state index in [-0.39, 0.29) is 22.1 Å². The van der Waals surface area contributed by atoms with Crippen LogP contribution in [-0.2, 0) is 14.8 Å². The van der Waals surface area contributed by atoms with Gasteiger partial charge in [0.05, 0.1) is 4.90 Å². The van der Waals surface area contributed by atoms with E-state index in [0.717, 1.165) is 6.07 Å². The third-order valence-electron chi connectivity index (χ3n) is 3.19. The number of amides is 1. The van der Waals surface area contributed by atoms with E-state index in [1.165, 1.54) is 13.0 Å². The first-order valence-electron chi connectivity index (χ1n) is 6.17. The van der Waals surface area contributed by atoms with Gasteiger partial charge < -0.3 is 11.1 Å². The summed E-state index contributed by atoms with van der Waals surface area (Å²) in [6.45, 7) is 1.88. The lowest BCUT2D eigenvalue weighted by atomic mass is 10.1. The minimum Gasteiger partial charge on any atom is -0.399 e. The molecule has 1 aliphatic rings. The number of nitrogens with one attached hydrogen (secondary N) is 2.